The molecule has 0 amide bonds. The number of anilines is 1. The fourth-order valence-electron chi connectivity index (χ4n) is 1.77. The Kier molecular flexibility index (Phi) is 7.37. The first-order valence-electron chi connectivity index (χ1n) is 6.57. The molecular weight excluding hydrogens is 231 g/mol. The molecule has 0 spiro atoms. The average Bonchev–Trinajstić information content (AvgIpc) is 2.38. The zero-order valence-electron chi connectivity index (χ0n) is 11.3. The Morgan fingerprint density at radius 3 is 2.78 bits per heavy atom. The van der Waals surface area contributed by atoms with Gasteiger partial charge in [-0.2, -0.15) is 0 Å². The Hall–Kier alpha value is -1.13. The number of rotatable bonds is 9. The molecule has 0 atom stereocenters. The molecule has 1 aromatic carbocycles. The van der Waals surface area contributed by atoms with Crippen molar-refractivity contribution in [2.75, 3.05) is 44.3 Å². The highest BCUT2D eigenvalue weighted by Crippen LogP contribution is 2.14. The van der Waals surface area contributed by atoms with Crippen LogP contribution in [-0.4, -0.2) is 39.4 Å². The number of hydrogen-bond donors (Lipinski definition) is 1. The highest BCUT2D eigenvalue weighted by atomic mass is 19.1. The molecule has 0 unspecified atom stereocenters. The van der Waals surface area contributed by atoms with E-state index in [0.717, 1.165) is 45.1 Å². The molecule has 1 rings (SSSR count). The van der Waals surface area contributed by atoms with Gasteiger partial charge in [-0.3, -0.25) is 0 Å². The molecule has 1 N–H and O–H groups in total. The molecule has 0 aliphatic rings. The lowest BCUT2D eigenvalue weighted by Crippen LogP contribution is -2.33. The van der Waals surface area contributed by atoms with E-state index in [1.165, 1.54) is 6.07 Å². The molecule has 102 valence electrons. The van der Waals surface area contributed by atoms with E-state index in [0.29, 0.717) is 0 Å². The quantitative estimate of drug-likeness (QED) is 0.684. The Morgan fingerprint density at radius 1 is 1.28 bits per heavy atom. The van der Waals surface area contributed by atoms with Crippen LogP contribution in [0, 0.1) is 5.82 Å². The van der Waals surface area contributed by atoms with E-state index < -0.39 is 0 Å². The molecule has 18 heavy (non-hydrogen) atoms. The molecule has 0 saturated carbocycles. The van der Waals surface area contributed by atoms with Gasteiger partial charge in [0.25, 0.3) is 0 Å². The second-order valence-electron chi connectivity index (χ2n) is 4.01. The Morgan fingerprint density at radius 2 is 2.11 bits per heavy atom. The van der Waals surface area contributed by atoms with Gasteiger partial charge in [-0.15, -0.1) is 0 Å². The van der Waals surface area contributed by atoms with Crippen LogP contribution >= 0.6 is 0 Å². The van der Waals surface area contributed by atoms with Crippen LogP contribution in [-0.2, 0) is 4.74 Å². The summed E-state index contributed by atoms with van der Waals surface area (Å²) in [6, 6.07) is 6.73. The summed E-state index contributed by atoms with van der Waals surface area (Å²) in [6.45, 7) is 9.02. The van der Waals surface area contributed by atoms with Crippen LogP contribution in [0.15, 0.2) is 24.3 Å². The standard InChI is InChI=1S/C14H23FN2O/c1-3-17(10-8-16-9-11-18-4-2)14-7-5-6-13(15)12-14/h5-7,12,16H,3-4,8-11H2,1-2H3. The molecular formula is C14H23FN2O. The third-order valence-corrected chi connectivity index (χ3v) is 2.74. The van der Waals surface area contributed by atoms with E-state index in [-0.39, 0.29) is 5.82 Å². The van der Waals surface area contributed by atoms with E-state index in [9.17, 15) is 4.39 Å². The van der Waals surface area contributed by atoms with Gasteiger partial charge in [0.15, 0.2) is 0 Å². The topological polar surface area (TPSA) is 24.5 Å². The molecule has 1 aromatic rings. The number of ether oxygens (including phenoxy) is 1. The molecule has 3 nitrogen and oxygen atoms in total. The van der Waals surface area contributed by atoms with Gasteiger partial charge >= 0.3 is 0 Å². The summed E-state index contributed by atoms with van der Waals surface area (Å²) in [5.41, 5.74) is 0.934. The highest BCUT2D eigenvalue weighted by molar-refractivity contribution is 5.46. The van der Waals surface area contributed by atoms with E-state index in [1.807, 2.05) is 13.0 Å². The summed E-state index contributed by atoms with van der Waals surface area (Å²) in [7, 11) is 0. The number of likely N-dealkylation sites (N-methyl/N-ethyl adjacent to an activating group) is 1. The minimum absolute atomic E-state index is 0.185. The maximum atomic E-state index is 13.1. The Balaban J connectivity index is 2.29. The molecule has 0 aliphatic carbocycles. The van der Waals surface area contributed by atoms with Crippen molar-refractivity contribution in [3.05, 3.63) is 30.1 Å². The average molecular weight is 254 g/mol. The summed E-state index contributed by atoms with van der Waals surface area (Å²) in [4.78, 5) is 2.15. The van der Waals surface area contributed by atoms with E-state index in [4.69, 9.17) is 4.74 Å². The monoisotopic (exact) mass is 254 g/mol. The summed E-state index contributed by atoms with van der Waals surface area (Å²) in [5, 5.41) is 3.31. The van der Waals surface area contributed by atoms with Gasteiger partial charge in [-0.05, 0) is 32.0 Å². The molecule has 0 bridgehead atoms. The number of benzene rings is 1. The van der Waals surface area contributed by atoms with Crippen molar-refractivity contribution in [3.8, 4) is 0 Å². The van der Waals surface area contributed by atoms with Crippen molar-refractivity contribution in [1.82, 2.24) is 5.32 Å². The predicted octanol–water partition coefficient (Wildman–Crippen LogP) is 2.28. The zero-order chi connectivity index (χ0) is 13.2. The molecule has 0 aromatic heterocycles. The predicted molar refractivity (Wildman–Crippen MR) is 73.6 cm³/mol. The molecule has 0 aliphatic heterocycles. The van der Waals surface area contributed by atoms with Crippen molar-refractivity contribution in [3.63, 3.8) is 0 Å². The van der Waals surface area contributed by atoms with Crippen molar-refractivity contribution >= 4 is 5.69 Å². The summed E-state index contributed by atoms with van der Waals surface area (Å²) in [5.74, 6) is -0.185. The second-order valence-corrected chi connectivity index (χ2v) is 4.01. The van der Waals surface area contributed by atoms with Gasteiger partial charge < -0.3 is 15.0 Å². The van der Waals surface area contributed by atoms with Crippen molar-refractivity contribution in [2.24, 2.45) is 0 Å². The van der Waals surface area contributed by atoms with Crippen molar-refractivity contribution in [2.45, 2.75) is 13.8 Å². The largest absolute Gasteiger partial charge is 0.380 e. The highest BCUT2D eigenvalue weighted by Gasteiger charge is 2.04. The molecule has 0 fully saturated rings. The summed E-state index contributed by atoms with van der Waals surface area (Å²) in [6.07, 6.45) is 0. The van der Waals surface area contributed by atoms with Crippen LogP contribution in [0.5, 0.6) is 0 Å². The first-order valence-corrected chi connectivity index (χ1v) is 6.57. The van der Waals surface area contributed by atoms with Gasteiger partial charge in [-0.25, -0.2) is 4.39 Å². The van der Waals surface area contributed by atoms with Crippen molar-refractivity contribution < 1.29 is 9.13 Å². The van der Waals surface area contributed by atoms with Crippen molar-refractivity contribution in [1.29, 1.82) is 0 Å². The van der Waals surface area contributed by atoms with Gasteiger partial charge in [0.2, 0.25) is 0 Å². The van der Waals surface area contributed by atoms with Gasteiger partial charge in [0.05, 0.1) is 6.61 Å². The summed E-state index contributed by atoms with van der Waals surface area (Å²) >= 11 is 0. The minimum Gasteiger partial charge on any atom is -0.380 e. The van der Waals surface area contributed by atoms with Crippen LogP contribution in [0.1, 0.15) is 13.8 Å². The van der Waals surface area contributed by atoms with Gasteiger partial charge in [0, 0.05) is 38.5 Å². The lowest BCUT2D eigenvalue weighted by molar-refractivity contribution is 0.149. The van der Waals surface area contributed by atoms with Crippen LogP contribution in [0.3, 0.4) is 0 Å². The van der Waals surface area contributed by atoms with Crippen LogP contribution in [0.2, 0.25) is 0 Å². The number of halogens is 1. The molecule has 0 radical (unpaired) electrons. The number of nitrogens with one attached hydrogen (secondary N) is 1. The maximum absolute atomic E-state index is 13.1. The first kappa shape index (κ1) is 14.9. The van der Waals surface area contributed by atoms with E-state index in [2.05, 4.69) is 17.1 Å². The van der Waals surface area contributed by atoms with E-state index in [1.54, 1.807) is 12.1 Å². The second kappa shape index (κ2) is 8.89. The van der Waals surface area contributed by atoms with Crippen LogP contribution in [0.25, 0.3) is 0 Å². The molecule has 4 heteroatoms. The fraction of sp³-hybridized carbons (Fsp3) is 0.571. The summed E-state index contributed by atoms with van der Waals surface area (Å²) < 4.78 is 18.4. The zero-order valence-corrected chi connectivity index (χ0v) is 11.3. The minimum atomic E-state index is -0.185. The fourth-order valence-corrected chi connectivity index (χ4v) is 1.77. The lowest BCUT2D eigenvalue weighted by atomic mass is 10.2. The van der Waals surface area contributed by atoms with E-state index >= 15 is 0 Å². The maximum Gasteiger partial charge on any atom is 0.125 e. The number of hydrogen-bond acceptors (Lipinski definition) is 3. The third kappa shape index (κ3) is 5.47. The van der Waals surface area contributed by atoms with Crippen LogP contribution < -0.4 is 10.2 Å². The smallest absolute Gasteiger partial charge is 0.125 e. The normalized spacial score (nSPS) is 10.6. The lowest BCUT2D eigenvalue weighted by Gasteiger charge is -2.23. The SMILES string of the molecule is CCOCCNCCN(CC)c1cccc(F)c1. The third-order valence-electron chi connectivity index (χ3n) is 2.74. The van der Waals surface area contributed by atoms with Gasteiger partial charge in [-0.1, -0.05) is 6.07 Å². The van der Waals surface area contributed by atoms with Gasteiger partial charge in [0.1, 0.15) is 5.82 Å². The number of nitrogens with zero attached hydrogens (tertiary/aromatic N) is 1. The Labute approximate surface area is 109 Å². The Bertz CT molecular complexity index is 333. The molecule has 0 heterocycles. The molecule has 0 saturated heterocycles. The first-order chi connectivity index (χ1) is 8.77. The van der Waals surface area contributed by atoms with Crippen LogP contribution in [0.4, 0.5) is 10.1 Å².